The highest BCUT2D eigenvalue weighted by molar-refractivity contribution is 9.10. The van der Waals surface area contributed by atoms with Gasteiger partial charge < -0.3 is 20.7 Å². The second kappa shape index (κ2) is 17.8. The first-order chi connectivity index (χ1) is 24.6. The lowest BCUT2D eigenvalue weighted by Crippen LogP contribution is -2.30. The lowest BCUT2D eigenvalue weighted by atomic mass is 10.0. The van der Waals surface area contributed by atoms with Crippen molar-refractivity contribution in [2.75, 3.05) is 17.2 Å². The molecule has 0 saturated carbocycles. The minimum atomic E-state index is -0.514. The molecule has 8 nitrogen and oxygen atoms in total. The van der Waals surface area contributed by atoms with Gasteiger partial charge in [0.25, 0.3) is 11.8 Å². The van der Waals surface area contributed by atoms with Crippen LogP contribution in [0.1, 0.15) is 52.1 Å². The number of benzene rings is 4. The molecule has 0 aliphatic carbocycles. The van der Waals surface area contributed by atoms with Gasteiger partial charge in [0.15, 0.2) is 0 Å². The van der Waals surface area contributed by atoms with Crippen molar-refractivity contribution in [2.45, 2.75) is 37.3 Å². The Balaban J connectivity index is 1.33. The molecule has 3 N–H and O–H groups in total. The van der Waals surface area contributed by atoms with Crippen molar-refractivity contribution in [1.29, 1.82) is 0 Å². The molecular weight excluding hydrogens is 746 g/mol. The molecule has 1 aromatic heterocycles. The van der Waals surface area contributed by atoms with E-state index >= 15 is 0 Å². The SMILES string of the molecule is CCOC(=O)c1c(-c2ccc(C)cc2)csc1NC(=O)C(CC)Sc1cccc(NC(=O)/C(=C\c2cccc(Br)c2)NC(=O)c2ccccc2)c1. The summed E-state index contributed by atoms with van der Waals surface area (Å²) in [5, 5.41) is 10.4. The summed E-state index contributed by atoms with van der Waals surface area (Å²) in [7, 11) is 0. The smallest absolute Gasteiger partial charge is 0.341 e. The van der Waals surface area contributed by atoms with Gasteiger partial charge in [-0.1, -0.05) is 89.1 Å². The van der Waals surface area contributed by atoms with Crippen LogP contribution in [0, 0.1) is 6.92 Å². The zero-order valence-corrected chi connectivity index (χ0v) is 31.4. The number of halogens is 1. The zero-order valence-electron chi connectivity index (χ0n) is 28.2. The molecule has 0 fully saturated rings. The Morgan fingerprint density at radius 2 is 1.63 bits per heavy atom. The zero-order chi connectivity index (χ0) is 36.3. The normalized spacial score (nSPS) is 11.7. The van der Waals surface area contributed by atoms with E-state index in [0.29, 0.717) is 39.4 Å². The average molecular weight is 783 g/mol. The molecule has 5 aromatic rings. The quantitative estimate of drug-likeness (QED) is 0.0623. The number of thiophene rings is 1. The molecule has 5 rings (SSSR count). The summed E-state index contributed by atoms with van der Waals surface area (Å²) in [4.78, 5) is 54.1. The topological polar surface area (TPSA) is 114 Å². The average Bonchev–Trinajstić information content (AvgIpc) is 3.54. The predicted octanol–water partition coefficient (Wildman–Crippen LogP) is 9.58. The van der Waals surface area contributed by atoms with E-state index in [-0.39, 0.29) is 18.2 Å². The Kier molecular flexibility index (Phi) is 13.0. The maximum atomic E-state index is 13.6. The molecule has 1 heterocycles. The number of hydrogen-bond donors (Lipinski definition) is 3. The van der Waals surface area contributed by atoms with Crippen molar-refractivity contribution in [3.8, 4) is 11.1 Å². The molecule has 260 valence electrons. The molecule has 1 unspecified atom stereocenters. The van der Waals surface area contributed by atoms with Crippen LogP contribution < -0.4 is 16.0 Å². The molecule has 0 aliphatic heterocycles. The van der Waals surface area contributed by atoms with Gasteiger partial charge in [0.2, 0.25) is 5.91 Å². The van der Waals surface area contributed by atoms with Gasteiger partial charge in [0.1, 0.15) is 16.3 Å². The van der Waals surface area contributed by atoms with Crippen molar-refractivity contribution in [2.24, 2.45) is 0 Å². The van der Waals surface area contributed by atoms with Crippen LogP contribution in [-0.2, 0) is 14.3 Å². The number of ether oxygens (including phenoxy) is 1. The summed E-state index contributed by atoms with van der Waals surface area (Å²) in [5.74, 6) is -1.69. The highest BCUT2D eigenvalue weighted by Gasteiger charge is 2.26. The maximum Gasteiger partial charge on any atom is 0.341 e. The highest BCUT2D eigenvalue weighted by Crippen LogP contribution is 2.37. The number of hydrogen-bond acceptors (Lipinski definition) is 7. The summed E-state index contributed by atoms with van der Waals surface area (Å²) in [5.41, 5.74) is 4.65. The van der Waals surface area contributed by atoms with Gasteiger partial charge in [-0.3, -0.25) is 14.4 Å². The second-order valence-corrected chi connectivity index (χ2v) is 14.4. The summed E-state index contributed by atoms with van der Waals surface area (Å²) in [6.45, 7) is 5.86. The van der Waals surface area contributed by atoms with E-state index in [2.05, 4.69) is 31.9 Å². The van der Waals surface area contributed by atoms with Crippen LogP contribution in [0.3, 0.4) is 0 Å². The second-order valence-electron chi connectivity index (χ2n) is 11.4. The van der Waals surface area contributed by atoms with E-state index < -0.39 is 23.0 Å². The van der Waals surface area contributed by atoms with Crippen LogP contribution in [0.25, 0.3) is 17.2 Å². The van der Waals surface area contributed by atoms with Crippen LogP contribution in [0.5, 0.6) is 0 Å². The molecular formula is C40H36BrN3O5S2. The fourth-order valence-electron chi connectivity index (χ4n) is 5.03. The molecule has 1 atom stereocenters. The standard InChI is InChI=1S/C40H36BrN3O5S2/c1-4-34(38(47)44-39-35(40(48)49-5-2)32(24-50-39)27-19-17-25(3)18-20-27)51-31-16-10-15-30(23-31)42-37(46)33(22-26-11-9-14-29(41)21-26)43-36(45)28-12-7-6-8-13-28/h6-24,34H,4-5H2,1-3H3,(H,42,46)(H,43,45)(H,44,47)/b33-22+. The Hall–Kier alpha value is -4.97. The Labute approximate surface area is 313 Å². The summed E-state index contributed by atoms with van der Waals surface area (Å²) >= 11 is 6.08. The molecule has 0 bridgehead atoms. The van der Waals surface area contributed by atoms with Crippen LogP contribution >= 0.6 is 39.0 Å². The summed E-state index contributed by atoms with van der Waals surface area (Å²) in [6.07, 6.45) is 2.11. The van der Waals surface area contributed by atoms with Crippen molar-refractivity contribution in [1.82, 2.24) is 5.32 Å². The van der Waals surface area contributed by atoms with Gasteiger partial charge in [-0.25, -0.2) is 4.79 Å². The molecule has 3 amide bonds. The Morgan fingerprint density at radius 3 is 2.33 bits per heavy atom. The van der Waals surface area contributed by atoms with Crippen molar-refractivity contribution >= 4 is 79.5 Å². The first kappa shape index (κ1) is 37.3. The van der Waals surface area contributed by atoms with Crippen LogP contribution in [-0.4, -0.2) is 35.5 Å². The first-order valence-corrected chi connectivity index (χ1v) is 18.8. The van der Waals surface area contributed by atoms with Crippen LogP contribution in [0.15, 0.2) is 124 Å². The number of carbonyl (C=O) groups excluding carboxylic acids is 4. The van der Waals surface area contributed by atoms with Crippen LogP contribution in [0.4, 0.5) is 10.7 Å². The van der Waals surface area contributed by atoms with E-state index in [9.17, 15) is 19.2 Å². The fourth-order valence-corrected chi connectivity index (χ4v) is 7.42. The van der Waals surface area contributed by atoms with Gasteiger partial charge in [-0.2, -0.15) is 0 Å². The molecule has 51 heavy (non-hydrogen) atoms. The van der Waals surface area contributed by atoms with E-state index in [4.69, 9.17) is 4.74 Å². The minimum absolute atomic E-state index is 0.0594. The molecule has 0 aliphatic rings. The first-order valence-electron chi connectivity index (χ1n) is 16.2. The number of nitrogens with one attached hydrogen (secondary N) is 3. The fraction of sp³-hybridized carbons (Fsp3) is 0.150. The summed E-state index contributed by atoms with van der Waals surface area (Å²) in [6, 6.07) is 31.0. The molecule has 0 spiro atoms. The third kappa shape index (κ3) is 10.1. The predicted molar refractivity (Wildman–Crippen MR) is 210 cm³/mol. The number of anilines is 2. The number of aryl methyl sites for hydroxylation is 1. The van der Waals surface area contributed by atoms with Gasteiger partial charge in [0.05, 0.1) is 11.9 Å². The van der Waals surface area contributed by atoms with Gasteiger partial charge >= 0.3 is 5.97 Å². The van der Waals surface area contributed by atoms with E-state index in [0.717, 1.165) is 20.5 Å². The molecule has 0 radical (unpaired) electrons. The third-order valence-corrected chi connectivity index (χ3v) is 10.3. The van der Waals surface area contributed by atoms with Gasteiger partial charge in [-0.05, 0) is 79.9 Å². The number of thioether (sulfide) groups is 1. The maximum absolute atomic E-state index is 13.6. The van der Waals surface area contributed by atoms with Gasteiger partial charge in [-0.15, -0.1) is 23.1 Å². The van der Waals surface area contributed by atoms with Crippen LogP contribution in [0.2, 0.25) is 0 Å². The minimum Gasteiger partial charge on any atom is -0.462 e. The monoisotopic (exact) mass is 781 g/mol. The third-order valence-electron chi connectivity index (χ3n) is 7.59. The molecule has 11 heteroatoms. The lowest BCUT2D eigenvalue weighted by molar-refractivity contribution is -0.116. The van der Waals surface area contributed by atoms with E-state index in [1.165, 1.54) is 23.1 Å². The highest BCUT2D eigenvalue weighted by atomic mass is 79.9. The Bertz CT molecular complexity index is 2060. The number of rotatable bonds is 13. The van der Waals surface area contributed by atoms with Crippen molar-refractivity contribution in [3.05, 3.63) is 141 Å². The lowest BCUT2D eigenvalue weighted by Gasteiger charge is -2.16. The van der Waals surface area contributed by atoms with Gasteiger partial charge in [0, 0.05) is 31.6 Å². The number of esters is 1. The number of carbonyl (C=O) groups is 4. The van der Waals surface area contributed by atoms with E-state index in [1.807, 2.05) is 79.9 Å². The number of amides is 3. The van der Waals surface area contributed by atoms with E-state index in [1.54, 1.807) is 55.5 Å². The van der Waals surface area contributed by atoms with Crippen molar-refractivity contribution in [3.63, 3.8) is 0 Å². The Morgan fingerprint density at radius 1 is 0.882 bits per heavy atom. The molecule has 0 saturated heterocycles. The van der Waals surface area contributed by atoms with Crippen molar-refractivity contribution < 1.29 is 23.9 Å². The largest absolute Gasteiger partial charge is 0.462 e. The molecule has 4 aromatic carbocycles. The summed E-state index contributed by atoms with van der Waals surface area (Å²) < 4.78 is 6.19.